The number of hydrogen-bond donors (Lipinski definition) is 2. The van der Waals surface area contributed by atoms with Gasteiger partial charge in [0.15, 0.2) is 5.65 Å². The van der Waals surface area contributed by atoms with Gasteiger partial charge in [0.05, 0.1) is 16.7 Å². The van der Waals surface area contributed by atoms with E-state index >= 15 is 0 Å². The van der Waals surface area contributed by atoms with Gasteiger partial charge in [0, 0.05) is 23.7 Å². The van der Waals surface area contributed by atoms with Gasteiger partial charge in [-0.2, -0.15) is 5.10 Å². The van der Waals surface area contributed by atoms with Gasteiger partial charge in [0.1, 0.15) is 10.4 Å². The molecule has 0 unspecified atom stereocenters. The first-order valence-corrected chi connectivity index (χ1v) is 10.6. The molecule has 0 bridgehead atoms. The van der Waals surface area contributed by atoms with Crippen LogP contribution in [0.15, 0.2) is 29.0 Å². The molecule has 0 radical (unpaired) electrons. The molecule has 3 aromatic rings. The summed E-state index contributed by atoms with van der Waals surface area (Å²) in [6.45, 7) is 3.82. The van der Waals surface area contributed by atoms with E-state index in [4.69, 9.17) is 22.3 Å². The molecule has 1 aliphatic carbocycles. The lowest BCUT2D eigenvalue weighted by Crippen LogP contribution is -2.19. The molecule has 2 aromatic heterocycles. The predicted molar refractivity (Wildman–Crippen MR) is 114 cm³/mol. The van der Waals surface area contributed by atoms with Crippen molar-refractivity contribution in [1.82, 2.24) is 19.7 Å². The van der Waals surface area contributed by atoms with E-state index < -0.39 is 5.60 Å². The third-order valence-corrected chi connectivity index (χ3v) is 6.20. The van der Waals surface area contributed by atoms with Crippen molar-refractivity contribution in [2.45, 2.75) is 51.2 Å². The van der Waals surface area contributed by atoms with Gasteiger partial charge in [-0.25, -0.2) is 14.6 Å². The van der Waals surface area contributed by atoms with Crippen LogP contribution in [0, 0.1) is 5.92 Å². The van der Waals surface area contributed by atoms with E-state index in [2.05, 4.69) is 26.0 Å². The maximum Gasteiger partial charge on any atom is 0.167 e. The number of fused-ring (bicyclic) bond motifs is 1. The number of halogens is 2. The second kappa shape index (κ2) is 7.37. The summed E-state index contributed by atoms with van der Waals surface area (Å²) in [5.74, 6) is 1.15. The van der Waals surface area contributed by atoms with Crippen LogP contribution in [-0.4, -0.2) is 30.5 Å². The molecule has 148 valence electrons. The van der Waals surface area contributed by atoms with E-state index in [1.54, 1.807) is 10.9 Å². The van der Waals surface area contributed by atoms with Gasteiger partial charge in [-0.15, -0.1) is 0 Å². The van der Waals surface area contributed by atoms with Gasteiger partial charge >= 0.3 is 0 Å². The van der Waals surface area contributed by atoms with Gasteiger partial charge in [-0.05, 0) is 78.7 Å². The summed E-state index contributed by atoms with van der Waals surface area (Å²) in [6, 6.07) is 5.55. The third-order valence-electron chi connectivity index (χ3n) is 5.40. The Balaban J connectivity index is 1.74. The van der Waals surface area contributed by atoms with Gasteiger partial charge in [-0.3, -0.25) is 0 Å². The molecular formula is C20H23BrClN5O. The quantitative estimate of drug-likeness (QED) is 0.599. The maximum atomic E-state index is 10.2. The highest BCUT2D eigenvalue weighted by Crippen LogP contribution is 2.36. The SMILES string of the molecule is C[C@H](N)c1cc(Cl)cc(-n2nc(Br)c3cnc(C[C@@H]4CC[C@@](C)(O)C4)nc32)c1. The smallest absolute Gasteiger partial charge is 0.167 e. The summed E-state index contributed by atoms with van der Waals surface area (Å²) in [6.07, 6.45) is 5.14. The second-order valence-electron chi connectivity index (χ2n) is 8.07. The Hall–Kier alpha value is -1.54. The molecule has 6 nitrogen and oxygen atoms in total. The zero-order chi connectivity index (χ0) is 20.1. The topological polar surface area (TPSA) is 89.9 Å². The van der Waals surface area contributed by atoms with Crippen LogP contribution in [0.1, 0.15) is 50.5 Å². The lowest BCUT2D eigenvalue weighted by Gasteiger charge is -2.15. The largest absolute Gasteiger partial charge is 0.390 e. The van der Waals surface area contributed by atoms with Crippen molar-refractivity contribution in [1.29, 1.82) is 0 Å². The molecule has 4 rings (SSSR count). The molecule has 1 aromatic carbocycles. The third kappa shape index (κ3) is 3.94. The average molecular weight is 465 g/mol. The van der Waals surface area contributed by atoms with Crippen molar-refractivity contribution in [3.05, 3.63) is 45.4 Å². The summed E-state index contributed by atoms with van der Waals surface area (Å²) in [5, 5.41) is 16.3. The number of rotatable bonds is 4. The van der Waals surface area contributed by atoms with Gasteiger partial charge in [0.2, 0.25) is 0 Å². The van der Waals surface area contributed by atoms with Crippen LogP contribution < -0.4 is 5.73 Å². The highest BCUT2D eigenvalue weighted by atomic mass is 79.9. The van der Waals surface area contributed by atoms with Crippen LogP contribution in [0.2, 0.25) is 5.02 Å². The number of nitrogens with two attached hydrogens (primary N) is 1. The highest BCUT2D eigenvalue weighted by Gasteiger charge is 2.33. The fourth-order valence-corrected chi connectivity index (χ4v) is 4.61. The number of hydrogen-bond acceptors (Lipinski definition) is 5. The molecule has 2 heterocycles. The number of benzene rings is 1. The van der Waals surface area contributed by atoms with Gasteiger partial charge in [0.25, 0.3) is 0 Å². The van der Waals surface area contributed by atoms with E-state index in [-0.39, 0.29) is 6.04 Å². The Morgan fingerprint density at radius 2 is 2.21 bits per heavy atom. The molecule has 1 saturated carbocycles. The molecule has 1 aliphatic rings. The monoisotopic (exact) mass is 463 g/mol. The average Bonchev–Trinajstić information content (AvgIpc) is 3.13. The normalized spacial score (nSPS) is 23.4. The van der Waals surface area contributed by atoms with Crippen molar-refractivity contribution in [3.63, 3.8) is 0 Å². The number of nitrogens with zero attached hydrogens (tertiary/aromatic N) is 4. The van der Waals surface area contributed by atoms with E-state index in [1.807, 2.05) is 32.0 Å². The lowest BCUT2D eigenvalue weighted by atomic mass is 10.00. The number of aromatic nitrogens is 4. The zero-order valence-corrected chi connectivity index (χ0v) is 18.2. The first kappa shape index (κ1) is 19.8. The zero-order valence-electron chi connectivity index (χ0n) is 15.9. The van der Waals surface area contributed by atoms with Crippen LogP contribution >= 0.6 is 27.5 Å². The van der Waals surface area contributed by atoms with Crippen LogP contribution in [0.25, 0.3) is 16.7 Å². The minimum atomic E-state index is -0.574. The van der Waals surface area contributed by atoms with Crippen LogP contribution in [0.3, 0.4) is 0 Å². The summed E-state index contributed by atoms with van der Waals surface area (Å²) < 4.78 is 2.45. The van der Waals surface area contributed by atoms with Crippen LogP contribution in [-0.2, 0) is 6.42 Å². The molecule has 0 spiro atoms. The van der Waals surface area contributed by atoms with Gasteiger partial charge < -0.3 is 10.8 Å². The molecule has 1 fully saturated rings. The van der Waals surface area contributed by atoms with Crippen LogP contribution in [0.5, 0.6) is 0 Å². The van der Waals surface area contributed by atoms with Crippen molar-refractivity contribution < 1.29 is 5.11 Å². The van der Waals surface area contributed by atoms with E-state index in [1.165, 1.54) is 0 Å². The van der Waals surface area contributed by atoms with E-state index in [0.717, 1.165) is 53.8 Å². The number of aliphatic hydroxyl groups is 1. The summed E-state index contributed by atoms with van der Waals surface area (Å²) in [4.78, 5) is 9.32. The highest BCUT2D eigenvalue weighted by molar-refractivity contribution is 9.10. The summed E-state index contributed by atoms with van der Waals surface area (Å²) in [5.41, 5.74) is 7.93. The molecule has 0 aliphatic heterocycles. The first-order valence-electron chi connectivity index (χ1n) is 9.41. The van der Waals surface area contributed by atoms with Crippen LogP contribution in [0.4, 0.5) is 0 Å². The van der Waals surface area contributed by atoms with Gasteiger partial charge in [-0.1, -0.05) is 11.6 Å². The van der Waals surface area contributed by atoms with Crippen molar-refractivity contribution in [3.8, 4) is 5.69 Å². The van der Waals surface area contributed by atoms with Crippen molar-refractivity contribution in [2.75, 3.05) is 0 Å². The van der Waals surface area contributed by atoms with Crippen molar-refractivity contribution >= 4 is 38.6 Å². The first-order chi connectivity index (χ1) is 13.2. The Bertz CT molecular complexity index is 1030. The maximum absolute atomic E-state index is 10.2. The Kier molecular flexibility index (Phi) is 5.20. The molecule has 3 N–H and O–H groups in total. The minimum Gasteiger partial charge on any atom is -0.390 e. The fraction of sp³-hybridized carbons (Fsp3) is 0.450. The molecule has 28 heavy (non-hydrogen) atoms. The fourth-order valence-electron chi connectivity index (χ4n) is 3.94. The standard InChI is InChI=1S/C20H23BrClN5O/c1-11(23)13-6-14(22)8-15(7-13)27-19-16(18(21)26-27)10-24-17(25-19)5-12-3-4-20(2,28)9-12/h6-8,10-12,28H,3-5,9,23H2,1-2H3/t11-,12-,20+/m0/s1. The Morgan fingerprint density at radius 1 is 1.43 bits per heavy atom. The second-order valence-corrected chi connectivity index (χ2v) is 9.26. The molecule has 3 atom stereocenters. The summed E-state index contributed by atoms with van der Waals surface area (Å²) in [7, 11) is 0. The lowest BCUT2D eigenvalue weighted by molar-refractivity contribution is 0.0635. The molecule has 8 heteroatoms. The Morgan fingerprint density at radius 3 is 2.89 bits per heavy atom. The molecule has 0 saturated heterocycles. The van der Waals surface area contributed by atoms with Crippen molar-refractivity contribution in [2.24, 2.45) is 11.7 Å². The molecule has 0 amide bonds. The Labute approximate surface area is 177 Å². The van der Waals surface area contributed by atoms with E-state index in [9.17, 15) is 5.11 Å². The van der Waals surface area contributed by atoms with E-state index in [0.29, 0.717) is 15.5 Å². The predicted octanol–water partition coefficient (Wildman–Crippen LogP) is 4.34. The minimum absolute atomic E-state index is 0.136. The summed E-state index contributed by atoms with van der Waals surface area (Å²) >= 11 is 9.81. The molecular weight excluding hydrogens is 442 g/mol.